The number of nitrogens with two attached hydrogens (primary N) is 3. The van der Waals surface area contributed by atoms with Gasteiger partial charge in [-0.3, -0.25) is 24.0 Å². The molecule has 1 aromatic carbocycles. The number of carbonyl (C=O) groups is 5. The van der Waals surface area contributed by atoms with Crippen molar-refractivity contribution in [2.75, 3.05) is 6.54 Å². The van der Waals surface area contributed by atoms with Gasteiger partial charge in [-0.05, 0) is 44.2 Å². The van der Waals surface area contributed by atoms with E-state index in [1.165, 1.54) is 0 Å². The van der Waals surface area contributed by atoms with Crippen LogP contribution in [0.5, 0.6) is 0 Å². The average Bonchev–Trinajstić information content (AvgIpc) is 2.88. The van der Waals surface area contributed by atoms with E-state index in [4.69, 9.17) is 17.2 Å². The number of hydrogen-bond acceptors (Lipinski definition) is 6. The van der Waals surface area contributed by atoms with Crippen LogP contribution in [0.4, 0.5) is 0 Å². The molecule has 0 unspecified atom stereocenters. The molecule has 11 nitrogen and oxygen atoms in total. The van der Waals surface area contributed by atoms with Crippen LogP contribution in [0.25, 0.3) is 0 Å². The number of amides is 5. The molecule has 204 valence electrons. The molecule has 1 fully saturated rings. The molecule has 2 rings (SSSR count). The third-order valence-corrected chi connectivity index (χ3v) is 6.54. The summed E-state index contributed by atoms with van der Waals surface area (Å²) in [6.45, 7) is 0.405. The second kappa shape index (κ2) is 15.6. The maximum Gasteiger partial charge on any atom is 0.243 e. The van der Waals surface area contributed by atoms with Gasteiger partial charge in [0.05, 0.1) is 6.42 Å². The van der Waals surface area contributed by atoms with Crippen molar-refractivity contribution in [1.82, 2.24) is 16.0 Å². The fraction of sp³-hybridized carbons (Fsp3) is 0.577. The Hall–Kier alpha value is -3.47. The number of unbranched alkanes of at least 4 members (excludes halogenated alkanes) is 1. The molecule has 5 amide bonds. The second-order valence-corrected chi connectivity index (χ2v) is 9.57. The Balaban J connectivity index is 2.18. The van der Waals surface area contributed by atoms with Crippen molar-refractivity contribution in [2.24, 2.45) is 23.1 Å². The Kier molecular flexibility index (Phi) is 12.5. The summed E-state index contributed by atoms with van der Waals surface area (Å²) < 4.78 is 0. The van der Waals surface area contributed by atoms with E-state index >= 15 is 0 Å². The first-order valence-corrected chi connectivity index (χ1v) is 12.9. The summed E-state index contributed by atoms with van der Waals surface area (Å²) in [5, 5.41) is 8.03. The fourth-order valence-corrected chi connectivity index (χ4v) is 4.44. The second-order valence-electron chi connectivity index (χ2n) is 9.57. The molecule has 0 bridgehead atoms. The van der Waals surface area contributed by atoms with Crippen molar-refractivity contribution in [3.05, 3.63) is 35.9 Å². The van der Waals surface area contributed by atoms with Crippen LogP contribution in [0.15, 0.2) is 30.3 Å². The molecule has 0 radical (unpaired) electrons. The maximum absolute atomic E-state index is 13.4. The molecule has 0 aromatic heterocycles. The van der Waals surface area contributed by atoms with E-state index in [1.807, 2.05) is 30.3 Å². The van der Waals surface area contributed by atoms with Gasteiger partial charge in [0.15, 0.2) is 0 Å². The lowest BCUT2D eigenvalue weighted by atomic mass is 9.88. The predicted octanol–water partition coefficient (Wildman–Crippen LogP) is -0.246. The van der Waals surface area contributed by atoms with Crippen LogP contribution in [0.1, 0.15) is 63.4 Å². The molecule has 0 heterocycles. The highest BCUT2D eigenvalue weighted by Gasteiger charge is 2.31. The van der Waals surface area contributed by atoms with Gasteiger partial charge in [-0.1, -0.05) is 49.6 Å². The summed E-state index contributed by atoms with van der Waals surface area (Å²) in [7, 11) is 0. The molecule has 0 saturated heterocycles. The van der Waals surface area contributed by atoms with Crippen molar-refractivity contribution in [3.63, 3.8) is 0 Å². The molecule has 1 aromatic rings. The minimum absolute atomic E-state index is 0.145. The zero-order valence-electron chi connectivity index (χ0n) is 21.2. The summed E-state index contributed by atoms with van der Waals surface area (Å²) in [6.07, 6.45) is 5.79. The Morgan fingerprint density at radius 1 is 0.811 bits per heavy atom. The van der Waals surface area contributed by atoms with Crippen molar-refractivity contribution >= 4 is 29.5 Å². The highest BCUT2D eigenvalue weighted by Crippen LogP contribution is 2.24. The number of nitrogens with one attached hydrogen (secondary N) is 3. The van der Waals surface area contributed by atoms with Gasteiger partial charge in [0.1, 0.15) is 18.1 Å². The van der Waals surface area contributed by atoms with Gasteiger partial charge < -0.3 is 33.2 Å². The first kappa shape index (κ1) is 29.8. The normalized spacial score (nSPS) is 16.1. The number of rotatable bonds is 15. The van der Waals surface area contributed by atoms with Crippen LogP contribution in [0.2, 0.25) is 0 Å². The Morgan fingerprint density at radius 2 is 1.43 bits per heavy atom. The summed E-state index contributed by atoms with van der Waals surface area (Å²) in [5.74, 6) is -3.23. The summed E-state index contributed by atoms with van der Waals surface area (Å²) in [6, 6.07) is 6.04. The van der Waals surface area contributed by atoms with Gasteiger partial charge in [-0.25, -0.2) is 0 Å². The standard InChI is InChI=1S/C26H40N6O5/c27-14-8-7-13-19(25(36)31-20(23(29)34)16-22(28)33)30-26(37)21(15-17-9-3-1-4-10-17)32-24(35)18-11-5-2-6-12-18/h1,3-4,9-10,18-21H,2,5-8,11-16,27H2,(H2,28,33)(H2,29,34)(H,30,37)(H,31,36)(H,32,35)/t19-,20-,21-/m0/s1. The molecule has 1 saturated carbocycles. The lowest BCUT2D eigenvalue weighted by molar-refractivity contribution is -0.134. The molecular weight excluding hydrogens is 476 g/mol. The van der Waals surface area contributed by atoms with E-state index in [0.29, 0.717) is 19.4 Å². The molecule has 1 aliphatic rings. The topological polar surface area (TPSA) is 200 Å². The van der Waals surface area contributed by atoms with Crippen LogP contribution in [-0.2, 0) is 30.4 Å². The SMILES string of the molecule is NCCCC[C@H](NC(=O)[C@H](Cc1ccccc1)NC(=O)C1CCCCC1)C(=O)N[C@@H](CC(N)=O)C(N)=O. The Labute approximate surface area is 217 Å². The Morgan fingerprint density at radius 3 is 2.03 bits per heavy atom. The lowest BCUT2D eigenvalue weighted by Crippen LogP contribution is -2.57. The smallest absolute Gasteiger partial charge is 0.243 e. The van der Waals surface area contributed by atoms with E-state index in [0.717, 1.165) is 37.7 Å². The molecule has 0 aliphatic heterocycles. The zero-order valence-corrected chi connectivity index (χ0v) is 21.2. The molecule has 0 spiro atoms. The molecule has 37 heavy (non-hydrogen) atoms. The van der Waals surface area contributed by atoms with Crippen molar-refractivity contribution < 1.29 is 24.0 Å². The van der Waals surface area contributed by atoms with Gasteiger partial charge >= 0.3 is 0 Å². The average molecular weight is 517 g/mol. The largest absolute Gasteiger partial charge is 0.370 e. The summed E-state index contributed by atoms with van der Waals surface area (Å²) in [5.41, 5.74) is 16.9. The molecular formula is C26H40N6O5. The Bertz CT molecular complexity index is 919. The van der Waals surface area contributed by atoms with Gasteiger partial charge in [0.2, 0.25) is 29.5 Å². The van der Waals surface area contributed by atoms with Gasteiger partial charge in [-0.15, -0.1) is 0 Å². The third-order valence-electron chi connectivity index (χ3n) is 6.54. The number of hydrogen-bond donors (Lipinski definition) is 6. The van der Waals surface area contributed by atoms with E-state index in [1.54, 1.807) is 0 Å². The van der Waals surface area contributed by atoms with Gasteiger partial charge in [0.25, 0.3) is 0 Å². The zero-order chi connectivity index (χ0) is 27.2. The monoisotopic (exact) mass is 516 g/mol. The summed E-state index contributed by atoms with van der Waals surface area (Å²) in [4.78, 5) is 62.4. The fourth-order valence-electron chi connectivity index (χ4n) is 4.44. The van der Waals surface area contributed by atoms with E-state index in [-0.39, 0.29) is 24.7 Å². The third kappa shape index (κ3) is 10.6. The minimum atomic E-state index is -1.30. The molecule has 9 N–H and O–H groups in total. The van der Waals surface area contributed by atoms with Gasteiger partial charge in [0, 0.05) is 12.3 Å². The molecule has 1 aliphatic carbocycles. The van der Waals surface area contributed by atoms with Gasteiger partial charge in [-0.2, -0.15) is 0 Å². The predicted molar refractivity (Wildman–Crippen MR) is 138 cm³/mol. The minimum Gasteiger partial charge on any atom is -0.370 e. The van der Waals surface area contributed by atoms with E-state index in [2.05, 4.69) is 16.0 Å². The van der Waals surface area contributed by atoms with Crippen LogP contribution in [0, 0.1) is 5.92 Å². The highest BCUT2D eigenvalue weighted by molar-refractivity contribution is 5.95. The summed E-state index contributed by atoms with van der Waals surface area (Å²) >= 11 is 0. The quantitative estimate of drug-likeness (QED) is 0.174. The van der Waals surface area contributed by atoms with Crippen LogP contribution in [0.3, 0.4) is 0 Å². The highest BCUT2D eigenvalue weighted by atomic mass is 16.2. The molecule has 3 atom stereocenters. The number of primary amides is 2. The van der Waals surface area contributed by atoms with Crippen LogP contribution < -0.4 is 33.2 Å². The number of carbonyl (C=O) groups excluding carboxylic acids is 5. The van der Waals surface area contributed by atoms with E-state index in [9.17, 15) is 24.0 Å². The van der Waals surface area contributed by atoms with Crippen molar-refractivity contribution in [1.29, 1.82) is 0 Å². The number of benzene rings is 1. The molecule has 11 heteroatoms. The van der Waals surface area contributed by atoms with Crippen LogP contribution >= 0.6 is 0 Å². The van der Waals surface area contributed by atoms with E-state index < -0.39 is 48.2 Å². The van der Waals surface area contributed by atoms with Crippen molar-refractivity contribution in [3.8, 4) is 0 Å². The van der Waals surface area contributed by atoms with Crippen molar-refractivity contribution in [2.45, 2.75) is 82.3 Å². The first-order valence-electron chi connectivity index (χ1n) is 12.9. The van der Waals surface area contributed by atoms with Crippen LogP contribution in [-0.4, -0.2) is 54.2 Å². The lowest BCUT2D eigenvalue weighted by Gasteiger charge is -2.27. The first-order chi connectivity index (χ1) is 17.7. The maximum atomic E-state index is 13.4.